The Morgan fingerprint density at radius 2 is 2.11 bits per heavy atom. The predicted octanol–water partition coefficient (Wildman–Crippen LogP) is 2.51. The quantitative estimate of drug-likeness (QED) is 0.820. The highest BCUT2D eigenvalue weighted by Crippen LogP contribution is 2.09. The van der Waals surface area contributed by atoms with Gasteiger partial charge in [-0.25, -0.2) is 0 Å². The maximum absolute atomic E-state index is 12.2. The van der Waals surface area contributed by atoms with Crippen molar-refractivity contribution in [2.45, 2.75) is 46.1 Å². The molecule has 3 heteroatoms. The Hall–Kier alpha value is -1.35. The summed E-state index contributed by atoms with van der Waals surface area (Å²) in [5, 5.41) is 0. The van der Waals surface area contributed by atoms with Gasteiger partial charge in [-0.3, -0.25) is 4.79 Å². The fourth-order valence-corrected chi connectivity index (χ4v) is 2.20. The third-order valence-corrected chi connectivity index (χ3v) is 3.26. The first-order chi connectivity index (χ1) is 9.04. The van der Waals surface area contributed by atoms with Crippen molar-refractivity contribution in [1.29, 1.82) is 0 Å². The number of hydrogen-bond donors (Lipinski definition) is 1. The normalized spacial score (nSPS) is 10.8. The number of carbonyl (C=O) groups is 1. The number of nitrogens with two attached hydrogens (primary N) is 1. The van der Waals surface area contributed by atoms with Crippen molar-refractivity contribution in [1.82, 2.24) is 4.90 Å². The molecule has 1 aromatic rings. The van der Waals surface area contributed by atoms with Crippen molar-refractivity contribution in [2.24, 2.45) is 5.73 Å². The Labute approximate surface area is 116 Å². The van der Waals surface area contributed by atoms with Crippen LogP contribution < -0.4 is 5.73 Å². The smallest absolute Gasteiger partial charge is 0.223 e. The van der Waals surface area contributed by atoms with E-state index in [4.69, 9.17) is 5.73 Å². The Kier molecular flexibility index (Phi) is 6.57. The van der Waals surface area contributed by atoms with Gasteiger partial charge in [0.15, 0.2) is 0 Å². The highest BCUT2D eigenvalue weighted by atomic mass is 16.2. The highest BCUT2D eigenvalue weighted by molar-refractivity contribution is 5.76. The van der Waals surface area contributed by atoms with Gasteiger partial charge < -0.3 is 10.6 Å². The molecule has 0 unspecified atom stereocenters. The van der Waals surface area contributed by atoms with Gasteiger partial charge >= 0.3 is 0 Å². The minimum Gasteiger partial charge on any atom is -0.340 e. The fraction of sp³-hybridized carbons (Fsp3) is 0.562. The van der Waals surface area contributed by atoms with Gasteiger partial charge in [-0.05, 0) is 45.7 Å². The molecule has 0 heterocycles. The molecule has 1 rings (SSSR count). The van der Waals surface area contributed by atoms with Crippen LogP contribution in [0.1, 0.15) is 37.8 Å². The molecule has 106 valence electrons. The molecule has 1 aromatic carbocycles. The van der Waals surface area contributed by atoms with Crippen LogP contribution in [0.4, 0.5) is 0 Å². The average Bonchev–Trinajstić information content (AvgIpc) is 2.36. The molecule has 0 bridgehead atoms. The summed E-state index contributed by atoms with van der Waals surface area (Å²) in [6.07, 6.45) is 2.26. The fourth-order valence-electron chi connectivity index (χ4n) is 2.20. The Bertz CT molecular complexity index is 401. The molecule has 0 atom stereocenters. The number of carbonyl (C=O) groups excluding carboxylic acids is 1. The van der Waals surface area contributed by atoms with E-state index >= 15 is 0 Å². The maximum Gasteiger partial charge on any atom is 0.223 e. The first-order valence-corrected chi connectivity index (χ1v) is 7.09. The van der Waals surface area contributed by atoms with Crippen molar-refractivity contribution < 1.29 is 4.79 Å². The summed E-state index contributed by atoms with van der Waals surface area (Å²) in [5.41, 5.74) is 8.00. The number of rotatable bonds is 7. The zero-order chi connectivity index (χ0) is 14.3. The molecular formula is C16H26N2O. The molecule has 0 aromatic heterocycles. The van der Waals surface area contributed by atoms with Crippen molar-refractivity contribution >= 4 is 5.91 Å². The monoisotopic (exact) mass is 262 g/mol. The summed E-state index contributed by atoms with van der Waals surface area (Å²) in [6.45, 7) is 7.59. The molecule has 0 aliphatic rings. The van der Waals surface area contributed by atoms with Gasteiger partial charge in [0.1, 0.15) is 0 Å². The van der Waals surface area contributed by atoms with Crippen LogP contribution in [0.15, 0.2) is 24.3 Å². The minimum absolute atomic E-state index is 0.227. The van der Waals surface area contributed by atoms with Crippen LogP contribution in [0.5, 0.6) is 0 Å². The lowest BCUT2D eigenvalue weighted by Crippen LogP contribution is -2.38. The summed E-state index contributed by atoms with van der Waals surface area (Å²) in [4.78, 5) is 14.2. The third kappa shape index (κ3) is 5.43. The molecule has 0 saturated carbocycles. The SMILES string of the molecule is Cc1cccc(CCC(=O)N(CCCN)C(C)C)c1. The van der Waals surface area contributed by atoms with E-state index in [0.29, 0.717) is 13.0 Å². The second-order valence-corrected chi connectivity index (χ2v) is 5.31. The molecule has 0 aliphatic carbocycles. The van der Waals surface area contributed by atoms with Crippen molar-refractivity contribution in [3.05, 3.63) is 35.4 Å². The molecule has 3 nitrogen and oxygen atoms in total. The van der Waals surface area contributed by atoms with Crippen molar-refractivity contribution in [2.75, 3.05) is 13.1 Å². The lowest BCUT2D eigenvalue weighted by Gasteiger charge is -2.26. The second-order valence-electron chi connectivity index (χ2n) is 5.31. The summed E-state index contributed by atoms with van der Waals surface area (Å²) in [6, 6.07) is 8.60. The number of benzene rings is 1. The zero-order valence-electron chi connectivity index (χ0n) is 12.4. The second kappa shape index (κ2) is 7.95. The van der Waals surface area contributed by atoms with Crippen LogP contribution in [-0.4, -0.2) is 29.9 Å². The van der Waals surface area contributed by atoms with Crippen molar-refractivity contribution in [3.8, 4) is 0 Å². The lowest BCUT2D eigenvalue weighted by atomic mass is 10.1. The van der Waals surface area contributed by atoms with Crippen LogP contribution in [0, 0.1) is 6.92 Å². The molecule has 0 spiro atoms. The summed E-state index contributed by atoms with van der Waals surface area (Å²) >= 11 is 0. The number of amides is 1. The van der Waals surface area contributed by atoms with Crippen LogP contribution >= 0.6 is 0 Å². The van der Waals surface area contributed by atoms with E-state index in [2.05, 4.69) is 39.0 Å². The molecule has 2 N–H and O–H groups in total. The molecule has 0 fully saturated rings. The molecule has 0 radical (unpaired) electrons. The summed E-state index contributed by atoms with van der Waals surface area (Å²) < 4.78 is 0. The average molecular weight is 262 g/mol. The van der Waals surface area contributed by atoms with Gasteiger partial charge in [0.05, 0.1) is 0 Å². The summed E-state index contributed by atoms with van der Waals surface area (Å²) in [7, 11) is 0. The standard InChI is InChI=1S/C16H26N2O/c1-13(2)18(11-5-10-17)16(19)9-8-15-7-4-6-14(3)12-15/h4,6-7,12-13H,5,8-11,17H2,1-3H3. The Morgan fingerprint density at radius 1 is 1.37 bits per heavy atom. The first kappa shape index (κ1) is 15.7. The summed E-state index contributed by atoms with van der Waals surface area (Å²) in [5.74, 6) is 0.227. The molecule has 0 aliphatic heterocycles. The molecule has 19 heavy (non-hydrogen) atoms. The van der Waals surface area contributed by atoms with Gasteiger partial charge in [0, 0.05) is 19.0 Å². The van der Waals surface area contributed by atoms with E-state index < -0.39 is 0 Å². The topological polar surface area (TPSA) is 46.3 Å². The van der Waals surface area contributed by atoms with Crippen molar-refractivity contribution in [3.63, 3.8) is 0 Å². The predicted molar refractivity (Wildman–Crippen MR) is 80.0 cm³/mol. The highest BCUT2D eigenvalue weighted by Gasteiger charge is 2.15. The maximum atomic E-state index is 12.2. The largest absolute Gasteiger partial charge is 0.340 e. The number of hydrogen-bond acceptors (Lipinski definition) is 2. The number of aryl methyl sites for hydroxylation is 2. The van der Waals surface area contributed by atoms with Gasteiger partial charge in [-0.15, -0.1) is 0 Å². The minimum atomic E-state index is 0.227. The van der Waals surface area contributed by atoms with E-state index in [1.165, 1.54) is 11.1 Å². The molecule has 1 amide bonds. The van der Waals surface area contributed by atoms with E-state index in [1.54, 1.807) is 0 Å². The third-order valence-electron chi connectivity index (χ3n) is 3.26. The van der Waals surface area contributed by atoms with Crippen LogP contribution in [0.25, 0.3) is 0 Å². The number of nitrogens with zero attached hydrogens (tertiary/aromatic N) is 1. The Balaban J connectivity index is 2.52. The molecule has 0 saturated heterocycles. The van der Waals surface area contributed by atoms with Gasteiger partial charge in [-0.1, -0.05) is 29.8 Å². The van der Waals surface area contributed by atoms with E-state index in [9.17, 15) is 4.79 Å². The lowest BCUT2D eigenvalue weighted by molar-refractivity contribution is -0.132. The van der Waals surface area contributed by atoms with Crippen LogP contribution in [0.2, 0.25) is 0 Å². The van der Waals surface area contributed by atoms with Crippen LogP contribution in [-0.2, 0) is 11.2 Å². The van der Waals surface area contributed by atoms with Gasteiger partial charge in [-0.2, -0.15) is 0 Å². The Morgan fingerprint density at radius 3 is 2.68 bits per heavy atom. The zero-order valence-corrected chi connectivity index (χ0v) is 12.4. The molecular weight excluding hydrogens is 236 g/mol. The van der Waals surface area contributed by atoms with Crippen LogP contribution in [0.3, 0.4) is 0 Å². The van der Waals surface area contributed by atoms with E-state index in [1.807, 2.05) is 11.0 Å². The van der Waals surface area contributed by atoms with E-state index in [-0.39, 0.29) is 11.9 Å². The first-order valence-electron chi connectivity index (χ1n) is 7.09. The van der Waals surface area contributed by atoms with Gasteiger partial charge in [0.25, 0.3) is 0 Å². The van der Waals surface area contributed by atoms with E-state index in [0.717, 1.165) is 19.4 Å². The van der Waals surface area contributed by atoms with Gasteiger partial charge in [0.2, 0.25) is 5.91 Å².